The number of hydrogen-bond donors (Lipinski definition) is 3. The minimum absolute atomic E-state index is 0.204. The Morgan fingerprint density at radius 2 is 2.04 bits per heavy atom. The second kappa shape index (κ2) is 5.21. The number of para-hydroxylation sites is 1. The molecule has 2 aliphatic carbocycles. The predicted molar refractivity (Wildman–Crippen MR) is 97.8 cm³/mol. The first-order valence-corrected chi connectivity index (χ1v) is 8.53. The van der Waals surface area contributed by atoms with Gasteiger partial charge in [0.05, 0.1) is 16.9 Å². The predicted octanol–water partition coefficient (Wildman–Crippen LogP) is 3.78. The van der Waals surface area contributed by atoms with Crippen LogP contribution in [0.3, 0.4) is 0 Å². The number of nitrogens with one attached hydrogen (secondary N) is 2. The van der Waals surface area contributed by atoms with Gasteiger partial charge in [0.15, 0.2) is 5.78 Å². The first-order valence-electron chi connectivity index (χ1n) is 8.53. The van der Waals surface area contributed by atoms with Gasteiger partial charge in [-0.1, -0.05) is 18.2 Å². The highest BCUT2D eigenvalue weighted by Gasteiger charge is 2.49. The minimum atomic E-state index is 0.204. The summed E-state index contributed by atoms with van der Waals surface area (Å²) in [5, 5.41) is 3.45. The maximum absolute atomic E-state index is 12.9. The number of nitrogens with zero attached hydrogens (tertiary/aromatic N) is 1. The van der Waals surface area contributed by atoms with Crippen LogP contribution in [-0.2, 0) is 6.42 Å². The largest absolute Gasteiger partial charge is 0.384 e. The number of Topliss-reactive ketones (excluding diaryl/α,β-unsaturated/α-hetero) is 1. The van der Waals surface area contributed by atoms with Crippen LogP contribution in [0.15, 0.2) is 48.7 Å². The topological polar surface area (TPSA) is 83.8 Å². The second-order valence-electron chi connectivity index (χ2n) is 6.86. The summed E-state index contributed by atoms with van der Waals surface area (Å²) in [4.78, 5) is 20.4. The van der Waals surface area contributed by atoms with Gasteiger partial charge in [-0.2, -0.15) is 0 Å². The number of H-pyrrole nitrogens is 1. The van der Waals surface area contributed by atoms with E-state index in [2.05, 4.69) is 15.3 Å². The average molecular weight is 330 g/mol. The van der Waals surface area contributed by atoms with Gasteiger partial charge in [0, 0.05) is 29.1 Å². The number of aromatic amines is 1. The molecule has 0 bridgehead atoms. The number of ketones is 1. The van der Waals surface area contributed by atoms with Gasteiger partial charge in [-0.25, -0.2) is 4.98 Å². The summed E-state index contributed by atoms with van der Waals surface area (Å²) in [6.07, 6.45) is 3.65. The zero-order valence-electron chi connectivity index (χ0n) is 13.6. The van der Waals surface area contributed by atoms with Crippen molar-refractivity contribution in [3.05, 3.63) is 59.9 Å². The minimum Gasteiger partial charge on any atom is -0.384 e. The number of carbonyl (C=O) groups excluding carboxylic acids is 1. The molecule has 0 radical (unpaired) electrons. The fraction of sp³-hybridized carbons (Fsp3) is 0.200. The molecule has 1 aromatic carbocycles. The van der Waals surface area contributed by atoms with E-state index in [1.807, 2.05) is 42.5 Å². The Morgan fingerprint density at radius 1 is 1.20 bits per heavy atom. The Labute approximate surface area is 145 Å². The standard InChI is InChI=1S/C20H18N4O/c21-16-10-11(6-7-22-16)18-19(23-13-4-2-1-3-5-13)17-15(24-18)9-12-8-14(12)20(17)25/h1-7,10,12,14,23-24H,8-9H2,(H2,21,22). The van der Waals surface area contributed by atoms with Crippen LogP contribution in [0.25, 0.3) is 11.3 Å². The fourth-order valence-corrected chi connectivity index (χ4v) is 3.83. The van der Waals surface area contributed by atoms with Gasteiger partial charge in [-0.05, 0) is 43.0 Å². The maximum atomic E-state index is 12.9. The molecule has 2 aromatic heterocycles. The number of rotatable bonds is 3. The smallest absolute Gasteiger partial charge is 0.170 e. The third-order valence-corrected chi connectivity index (χ3v) is 5.16. The lowest BCUT2D eigenvalue weighted by Gasteiger charge is -2.13. The van der Waals surface area contributed by atoms with E-state index in [4.69, 9.17) is 5.73 Å². The molecule has 25 heavy (non-hydrogen) atoms. The van der Waals surface area contributed by atoms with Crippen LogP contribution in [0.2, 0.25) is 0 Å². The highest BCUT2D eigenvalue weighted by atomic mass is 16.1. The van der Waals surface area contributed by atoms with Crippen LogP contribution in [0, 0.1) is 11.8 Å². The first-order chi connectivity index (χ1) is 12.2. The monoisotopic (exact) mass is 330 g/mol. The third-order valence-electron chi connectivity index (χ3n) is 5.16. The van der Waals surface area contributed by atoms with Gasteiger partial charge in [0.2, 0.25) is 0 Å². The van der Waals surface area contributed by atoms with Gasteiger partial charge in [-0.3, -0.25) is 4.79 Å². The normalized spacial score (nSPS) is 20.7. The highest BCUT2D eigenvalue weighted by molar-refractivity contribution is 6.10. The first kappa shape index (κ1) is 14.3. The zero-order chi connectivity index (χ0) is 17.0. The number of nitrogen functional groups attached to an aromatic ring is 1. The Kier molecular flexibility index (Phi) is 2.98. The van der Waals surface area contributed by atoms with Crippen molar-refractivity contribution < 1.29 is 4.79 Å². The van der Waals surface area contributed by atoms with Crippen molar-refractivity contribution in [1.82, 2.24) is 9.97 Å². The van der Waals surface area contributed by atoms with E-state index in [9.17, 15) is 4.79 Å². The van der Waals surface area contributed by atoms with Crippen LogP contribution in [0.5, 0.6) is 0 Å². The second-order valence-corrected chi connectivity index (χ2v) is 6.86. The quantitative estimate of drug-likeness (QED) is 0.682. The number of pyridine rings is 1. The van der Waals surface area contributed by atoms with Gasteiger partial charge in [0.1, 0.15) is 5.82 Å². The van der Waals surface area contributed by atoms with Crippen molar-refractivity contribution >= 4 is 23.0 Å². The molecular weight excluding hydrogens is 312 g/mol. The van der Waals surface area contributed by atoms with Crippen molar-refractivity contribution in [2.45, 2.75) is 12.8 Å². The zero-order valence-corrected chi connectivity index (χ0v) is 13.6. The van der Waals surface area contributed by atoms with Crippen LogP contribution in [-0.4, -0.2) is 15.8 Å². The molecule has 124 valence electrons. The fourth-order valence-electron chi connectivity index (χ4n) is 3.83. The Morgan fingerprint density at radius 3 is 2.84 bits per heavy atom. The van der Waals surface area contributed by atoms with Crippen molar-refractivity contribution in [2.24, 2.45) is 11.8 Å². The molecule has 1 fully saturated rings. The van der Waals surface area contributed by atoms with Crippen molar-refractivity contribution in [1.29, 1.82) is 0 Å². The molecule has 2 heterocycles. The number of anilines is 3. The van der Waals surface area contributed by atoms with Crippen LogP contribution < -0.4 is 11.1 Å². The summed E-state index contributed by atoms with van der Waals surface area (Å²) in [5.74, 6) is 1.44. The number of benzene rings is 1. The molecule has 0 saturated heterocycles. The lowest BCUT2D eigenvalue weighted by Crippen LogP contribution is -2.14. The lowest BCUT2D eigenvalue weighted by molar-refractivity contribution is 0.0955. The number of fused-ring (bicyclic) bond motifs is 2. The van der Waals surface area contributed by atoms with E-state index in [-0.39, 0.29) is 11.7 Å². The SMILES string of the molecule is Nc1cc(-c2[nH]c3c(c2Nc2ccccc2)C(=O)C2CC2C3)ccn1. The number of nitrogens with two attached hydrogens (primary N) is 1. The molecule has 0 spiro atoms. The molecule has 4 N–H and O–H groups in total. The molecule has 3 aromatic rings. The Hall–Kier alpha value is -3.08. The third kappa shape index (κ3) is 2.31. The summed E-state index contributed by atoms with van der Waals surface area (Å²) in [6, 6.07) is 13.7. The Bertz CT molecular complexity index is 977. The summed E-state index contributed by atoms with van der Waals surface area (Å²) >= 11 is 0. The van der Waals surface area contributed by atoms with E-state index in [1.54, 1.807) is 6.20 Å². The molecule has 1 saturated carbocycles. The van der Waals surface area contributed by atoms with Crippen molar-refractivity contribution in [3.8, 4) is 11.3 Å². The number of aromatic nitrogens is 2. The van der Waals surface area contributed by atoms with Gasteiger partial charge < -0.3 is 16.0 Å². The molecule has 5 rings (SSSR count). The lowest BCUT2D eigenvalue weighted by atomic mass is 9.95. The van der Waals surface area contributed by atoms with Crippen LogP contribution >= 0.6 is 0 Å². The van der Waals surface area contributed by atoms with E-state index in [0.29, 0.717) is 11.7 Å². The maximum Gasteiger partial charge on any atom is 0.170 e. The summed E-state index contributed by atoms with van der Waals surface area (Å²) in [5.41, 5.74) is 11.4. The van der Waals surface area contributed by atoms with Crippen molar-refractivity contribution in [3.63, 3.8) is 0 Å². The summed E-state index contributed by atoms with van der Waals surface area (Å²) in [6.45, 7) is 0. The van der Waals surface area contributed by atoms with E-state index >= 15 is 0 Å². The van der Waals surface area contributed by atoms with E-state index in [0.717, 1.165) is 46.7 Å². The summed E-state index contributed by atoms with van der Waals surface area (Å²) in [7, 11) is 0. The number of hydrogen-bond acceptors (Lipinski definition) is 4. The van der Waals surface area contributed by atoms with Gasteiger partial charge >= 0.3 is 0 Å². The molecule has 0 amide bonds. The molecule has 0 aliphatic heterocycles. The van der Waals surface area contributed by atoms with E-state index < -0.39 is 0 Å². The molecule has 2 atom stereocenters. The molecular formula is C20H18N4O. The summed E-state index contributed by atoms with van der Waals surface area (Å²) < 4.78 is 0. The number of carbonyl (C=O) groups is 1. The molecule has 5 heteroatoms. The van der Waals surface area contributed by atoms with Crippen molar-refractivity contribution in [2.75, 3.05) is 11.1 Å². The van der Waals surface area contributed by atoms with E-state index in [1.165, 1.54) is 0 Å². The van der Waals surface area contributed by atoms with Gasteiger partial charge in [-0.15, -0.1) is 0 Å². The Balaban J connectivity index is 1.68. The van der Waals surface area contributed by atoms with Gasteiger partial charge in [0.25, 0.3) is 0 Å². The molecule has 2 unspecified atom stereocenters. The molecule has 5 nitrogen and oxygen atoms in total. The van der Waals surface area contributed by atoms with Crippen LogP contribution in [0.4, 0.5) is 17.2 Å². The average Bonchev–Trinajstić information content (AvgIpc) is 3.31. The molecule has 2 aliphatic rings. The van der Waals surface area contributed by atoms with Crippen LogP contribution in [0.1, 0.15) is 22.5 Å². The highest BCUT2D eigenvalue weighted by Crippen LogP contribution is 2.51.